The second-order valence-corrected chi connectivity index (χ2v) is 15.2. The molecule has 0 N–H and O–H groups in total. The van der Waals surface area contributed by atoms with E-state index < -0.39 is 31.6 Å². The number of hydrogen-bond acceptors (Lipinski definition) is 7. The summed E-state index contributed by atoms with van der Waals surface area (Å²) in [5, 5.41) is 1.26. The summed E-state index contributed by atoms with van der Waals surface area (Å²) in [6.07, 6.45) is 3.07. The molecule has 0 saturated carbocycles. The first-order chi connectivity index (χ1) is 17.8. The maximum Gasteiger partial charge on any atom is 0.257 e. The van der Waals surface area contributed by atoms with E-state index in [4.69, 9.17) is 9.36 Å². The lowest BCUT2D eigenvalue weighted by atomic mass is 9.91. The Hall–Kier alpha value is -1.48. The van der Waals surface area contributed by atoms with Crippen molar-refractivity contribution in [2.24, 2.45) is 11.8 Å². The van der Waals surface area contributed by atoms with Gasteiger partial charge in [-0.05, 0) is 64.3 Å². The highest BCUT2D eigenvalue weighted by Crippen LogP contribution is 2.44. The smallest absolute Gasteiger partial charge is 0.257 e. The lowest BCUT2D eigenvalue weighted by Gasteiger charge is -2.55. The van der Waals surface area contributed by atoms with E-state index in [0.29, 0.717) is 24.9 Å². The summed E-state index contributed by atoms with van der Waals surface area (Å²) in [5.74, 6) is -0.407. The van der Waals surface area contributed by atoms with E-state index in [-0.39, 0.29) is 49.0 Å². The van der Waals surface area contributed by atoms with Crippen LogP contribution >= 0.6 is 7.37 Å². The van der Waals surface area contributed by atoms with Gasteiger partial charge in [-0.15, -0.1) is 0 Å². The largest absolute Gasteiger partial charge is 0.334 e. The van der Waals surface area contributed by atoms with E-state index in [1.54, 1.807) is 11.8 Å². The first-order valence-corrected chi connectivity index (χ1v) is 16.6. The molecule has 4 aliphatic heterocycles. The van der Waals surface area contributed by atoms with Gasteiger partial charge in [-0.25, -0.2) is 0 Å². The van der Waals surface area contributed by atoms with Gasteiger partial charge in [-0.2, -0.15) is 5.06 Å². The Morgan fingerprint density at radius 1 is 1.03 bits per heavy atom. The Balaban J connectivity index is 1.69. The van der Waals surface area contributed by atoms with Crippen LogP contribution in [0.1, 0.15) is 73.1 Å². The van der Waals surface area contributed by atoms with E-state index in [1.165, 1.54) is 11.7 Å². The summed E-state index contributed by atoms with van der Waals surface area (Å²) in [4.78, 5) is 53.7. The van der Waals surface area contributed by atoms with Gasteiger partial charge < -0.3 is 19.2 Å². The van der Waals surface area contributed by atoms with Crippen molar-refractivity contribution >= 4 is 25.1 Å². The highest BCUT2D eigenvalue weighted by Gasteiger charge is 2.55. The molecule has 10 nitrogen and oxygen atoms in total. The normalized spacial score (nSPS) is 33.8. The van der Waals surface area contributed by atoms with E-state index in [2.05, 4.69) is 11.9 Å². The fourth-order valence-electron chi connectivity index (χ4n) is 6.84. The fourth-order valence-corrected chi connectivity index (χ4v) is 8.10. The van der Waals surface area contributed by atoms with Crippen LogP contribution in [-0.4, -0.2) is 107 Å². The summed E-state index contributed by atoms with van der Waals surface area (Å²) in [6, 6.07) is 0.298. The Bertz CT molecular complexity index is 946. The molecule has 0 aromatic carbocycles. The molecule has 3 unspecified atom stereocenters. The highest BCUT2D eigenvalue weighted by molar-refractivity contribution is 7.59. The molecule has 0 radical (unpaired) electrons. The second-order valence-electron chi connectivity index (χ2n) is 12.6. The van der Waals surface area contributed by atoms with Gasteiger partial charge in [0.1, 0.15) is 12.2 Å². The molecular formula is C27H47N4O6P. The Morgan fingerprint density at radius 2 is 1.63 bits per heavy atom. The maximum atomic E-state index is 14.1. The van der Waals surface area contributed by atoms with Crippen molar-refractivity contribution in [3.8, 4) is 0 Å². The first kappa shape index (κ1) is 29.5. The zero-order valence-electron chi connectivity index (χ0n) is 24.2. The molecule has 0 aliphatic carbocycles. The molecule has 6 atom stereocenters. The minimum absolute atomic E-state index is 0.0228. The quantitative estimate of drug-likeness (QED) is 0.404. The first-order valence-electron chi connectivity index (χ1n) is 14.4. The molecule has 2 bridgehead atoms. The van der Waals surface area contributed by atoms with Gasteiger partial charge >= 0.3 is 0 Å². The molecule has 4 fully saturated rings. The van der Waals surface area contributed by atoms with Crippen LogP contribution in [-0.2, 0) is 28.3 Å². The molecule has 4 rings (SSSR count). The van der Waals surface area contributed by atoms with Crippen molar-refractivity contribution in [1.82, 2.24) is 19.8 Å². The molecule has 4 heterocycles. The van der Waals surface area contributed by atoms with Crippen LogP contribution in [0.15, 0.2) is 0 Å². The van der Waals surface area contributed by atoms with Crippen molar-refractivity contribution < 1.29 is 28.3 Å². The summed E-state index contributed by atoms with van der Waals surface area (Å²) < 4.78 is 18.3. The Morgan fingerprint density at radius 3 is 2.18 bits per heavy atom. The zero-order valence-corrected chi connectivity index (χ0v) is 25.1. The van der Waals surface area contributed by atoms with Crippen LogP contribution in [0.3, 0.4) is 0 Å². The topological polar surface area (TPSA) is 99.7 Å². The summed E-state index contributed by atoms with van der Waals surface area (Å²) in [7, 11) is -1.02. The number of hydroxylamine groups is 2. The van der Waals surface area contributed by atoms with Crippen molar-refractivity contribution in [3.05, 3.63) is 0 Å². The van der Waals surface area contributed by atoms with Crippen LogP contribution in [0.4, 0.5) is 0 Å². The minimum atomic E-state index is -3.19. The number of hydrogen-bond donors (Lipinski definition) is 0. The van der Waals surface area contributed by atoms with Gasteiger partial charge in [-0.3, -0.25) is 23.8 Å². The van der Waals surface area contributed by atoms with Crippen LogP contribution in [0.5, 0.6) is 0 Å². The van der Waals surface area contributed by atoms with Crippen LogP contribution in [0.2, 0.25) is 0 Å². The average Bonchev–Trinajstić information content (AvgIpc) is 3.01. The van der Waals surface area contributed by atoms with Crippen LogP contribution < -0.4 is 0 Å². The molecule has 11 heteroatoms. The van der Waals surface area contributed by atoms with Crippen LogP contribution in [0.25, 0.3) is 0 Å². The maximum absolute atomic E-state index is 14.1. The number of piperazine rings is 1. The number of rotatable bonds is 9. The SMILES string of the molecule is CCOP(C)(=O)CC(=O)N1O[C@H](CC(C)C)C(=O)N2[C@@H]1CN(C1CC3CCC(C1)N3C)C(=O)[C@@H]2CC(C)C. The van der Waals surface area contributed by atoms with Gasteiger partial charge in [0.25, 0.3) is 11.8 Å². The van der Waals surface area contributed by atoms with Gasteiger partial charge in [0.05, 0.1) is 13.2 Å². The van der Waals surface area contributed by atoms with Gasteiger partial charge in [0.15, 0.2) is 12.3 Å². The van der Waals surface area contributed by atoms with Gasteiger partial charge in [0, 0.05) is 24.8 Å². The zero-order chi connectivity index (χ0) is 27.9. The number of carbonyl (C=O) groups is 3. The molecule has 216 valence electrons. The number of nitrogens with zero attached hydrogens (tertiary/aromatic N) is 4. The van der Waals surface area contributed by atoms with Crippen LogP contribution in [0, 0.1) is 11.8 Å². The third kappa shape index (κ3) is 5.98. The molecule has 0 spiro atoms. The van der Waals surface area contributed by atoms with E-state index >= 15 is 0 Å². The average molecular weight is 555 g/mol. The lowest BCUT2D eigenvalue weighted by molar-refractivity contribution is -0.277. The standard InChI is InChI=1S/C27H47N4O6P/c1-8-36-38(7,35)16-25(32)31-24-15-29(21-13-19-9-10-20(14-21)28(19)6)26(33)22(11-17(2)3)30(24)27(34)23(37-31)12-18(4)5/h17-24H,8-16H2,1-7H3/t19?,20?,21?,22-,23+,24-,38?/m0/s1. The fraction of sp³-hybridized carbons (Fsp3) is 0.889. The highest BCUT2D eigenvalue weighted by atomic mass is 31.2. The predicted molar refractivity (Wildman–Crippen MR) is 144 cm³/mol. The lowest BCUT2D eigenvalue weighted by Crippen LogP contribution is -2.75. The predicted octanol–water partition coefficient (Wildman–Crippen LogP) is 3.16. The molecule has 4 saturated heterocycles. The molecule has 38 heavy (non-hydrogen) atoms. The number of piperidine rings is 1. The number of fused-ring (bicyclic) bond motifs is 3. The summed E-state index contributed by atoms with van der Waals surface area (Å²) >= 11 is 0. The summed E-state index contributed by atoms with van der Waals surface area (Å²) in [5.41, 5.74) is 0. The van der Waals surface area contributed by atoms with E-state index in [1.807, 2.05) is 32.6 Å². The van der Waals surface area contributed by atoms with Gasteiger partial charge in [0.2, 0.25) is 13.3 Å². The van der Waals surface area contributed by atoms with Gasteiger partial charge in [-0.1, -0.05) is 27.7 Å². The monoisotopic (exact) mass is 554 g/mol. The number of amides is 3. The second kappa shape index (κ2) is 11.6. The Labute approximate surface area is 227 Å². The third-order valence-corrected chi connectivity index (χ3v) is 10.2. The van der Waals surface area contributed by atoms with Crippen molar-refractivity contribution in [2.45, 2.75) is 110 Å². The molecule has 4 aliphatic rings. The molecular weight excluding hydrogens is 507 g/mol. The van der Waals surface area contributed by atoms with E-state index in [9.17, 15) is 18.9 Å². The van der Waals surface area contributed by atoms with Crippen molar-refractivity contribution in [3.63, 3.8) is 0 Å². The number of carbonyl (C=O) groups excluding carboxylic acids is 3. The van der Waals surface area contributed by atoms with E-state index in [0.717, 1.165) is 25.7 Å². The molecule has 0 aromatic heterocycles. The molecule has 0 aromatic rings. The third-order valence-electron chi connectivity index (χ3n) is 8.59. The minimum Gasteiger partial charge on any atom is -0.334 e. The van der Waals surface area contributed by atoms with Crippen molar-refractivity contribution in [2.75, 3.05) is 33.0 Å². The summed E-state index contributed by atoms with van der Waals surface area (Å²) in [6.45, 7) is 11.7. The molecule has 3 amide bonds. The Kier molecular flexibility index (Phi) is 8.97. The van der Waals surface area contributed by atoms with Crippen molar-refractivity contribution in [1.29, 1.82) is 0 Å².